The van der Waals surface area contributed by atoms with Gasteiger partial charge < -0.3 is 10.1 Å². The van der Waals surface area contributed by atoms with E-state index in [0.29, 0.717) is 0 Å². The zero-order valence-electron chi connectivity index (χ0n) is 16.4. The highest BCUT2D eigenvalue weighted by Gasteiger charge is 2.31. The molecule has 172 valence electrons. The highest BCUT2D eigenvalue weighted by atomic mass is 32.2. The molecule has 0 aliphatic carbocycles. The molecule has 3 rings (SSSR count). The second-order valence-electron chi connectivity index (χ2n) is 6.44. The fourth-order valence-electron chi connectivity index (χ4n) is 2.71. The number of hydrogen-bond donors (Lipinski definition) is 2. The van der Waals surface area contributed by atoms with E-state index in [9.17, 15) is 36.5 Å². The summed E-state index contributed by atoms with van der Waals surface area (Å²) in [4.78, 5) is 22.5. The van der Waals surface area contributed by atoms with E-state index < -0.39 is 43.5 Å². The molecule has 0 aliphatic rings. The number of halogens is 3. The van der Waals surface area contributed by atoms with Gasteiger partial charge in [-0.25, -0.2) is 8.42 Å². The summed E-state index contributed by atoms with van der Waals surface area (Å²) in [5.74, 6) is -1.38. The maximum absolute atomic E-state index is 12.7. The van der Waals surface area contributed by atoms with Crippen LogP contribution in [0.2, 0.25) is 0 Å². The highest BCUT2D eigenvalue weighted by Crippen LogP contribution is 2.27. The maximum Gasteiger partial charge on any atom is 0.573 e. The Morgan fingerprint density at radius 1 is 0.970 bits per heavy atom. The molecule has 33 heavy (non-hydrogen) atoms. The Morgan fingerprint density at radius 3 is 2.36 bits per heavy atom. The molecule has 0 heterocycles. The third-order valence-corrected chi connectivity index (χ3v) is 5.44. The van der Waals surface area contributed by atoms with Gasteiger partial charge in [-0.05, 0) is 30.3 Å². The summed E-state index contributed by atoms with van der Waals surface area (Å²) in [7, 11) is -4.30. The second-order valence-corrected chi connectivity index (χ2v) is 8.12. The van der Waals surface area contributed by atoms with E-state index in [2.05, 4.69) is 14.8 Å². The Kier molecular flexibility index (Phi) is 6.53. The third-order valence-electron chi connectivity index (χ3n) is 4.08. The number of hydrogen-bond acceptors (Lipinski definition) is 6. The van der Waals surface area contributed by atoms with Crippen LogP contribution < -0.4 is 14.8 Å². The molecule has 0 saturated carbocycles. The molecule has 0 atom stereocenters. The van der Waals surface area contributed by atoms with Crippen molar-refractivity contribution < 1.29 is 36.0 Å². The average molecular weight is 481 g/mol. The van der Waals surface area contributed by atoms with Gasteiger partial charge in [0.2, 0.25) is 0 Å². The topological polar surface area (TPSA) is 128 Å². The van der Waals surface area contributed by atoms with Gasteiger partial charge in [0.1, 0.15) is 5.75 Å². The van der Waals surface area contributed by atoms with E-state index in [4.69, 9.17) is 0 Å². The minimum absolute atomic E-state index is 0.0295. The quantitative estimate of drug-likeness (QED) is 0.377. The molecule has 1 amide bonds. The smallest absolute Gasteiger partial charge is 0.406 e. The molecule has 13 heteroatoms. The van der Waals surface area contributed by atoms with E-state index in [1.54, 1.807) is 0 Å². The number of nitrogens with one attached hydrogen (secondary N) is 2. The van der Waals surface area contributed by atoms with Gasteiger partial charge in [-0.2, -0.15) is 0 Å². The largest absolute Gasteiger partial charge is 0.573 e. The van der Waals surface area contributed by atoms with Crippen LogP contribution in [0.3, 0.4) is 0 Å². The molecule has 9 nitrogen and oxygen atoms in total. The van der Waals surface area contributed by atoms with Gasteiger partial charge in [-0.15, -0.1) is 13.2 Å². The number of benzene rings is 3. The second kappa shape index (κ2) is 9.16. The van der Waals surface area contributed by atoms with Crippen LogP contribution in [0, 0.1) is 10.1 Å². The van der Waals surface area contributed by atoms with E-state index in [-0.39, 0.29) is 16.9 Å². The van der Waals surface area contributed by atoms with Gasteiger partial charge >= 0.3 is 6.36 Å². The van der Waals surface area contributed by atoms with Crippen LogP contribution in [0.15, 0.2) is 77.7 Å². The Balaban J connectivity index is 1.85. The lowest BCUT2D eigenvalue weighted by molar-refractivity contribution is -0.385. The Labute approximate surface area is 185 Å². The third kappa shape index (κ3) is 6.20. The molecule has 0 spiro atoms. The normalized spacial score (nSPS) is 11.5. The number of para-hydroxylation sites is 1. The SMILES string of the molecule is O=C(Nc1cccc(OC(F)(F)F)c1)c1ccccc1NS(=O)(=O)c1cccc([N+](=O)[O-])c1. The summed E-state index contributed by atoms with van der Waals surface area (Å²) in [5, 5.41) is 13.3. The lowest BCUT2D eigenvalue weighted by Crippen LogP contribution is -2.19. The first-order valence-electron chi connectivity index (χ1n) is 8.98. The molecule has 0 aromatic heterocycles. The van der Waals surface area contributed by atoms with Crippen molar-refractivity contribution in [2.45, 2.75) is 11.3 Å². The zero-order valence-corrected chi connectivity index (χ0v) is 17.2. The number of alkyl halides is 3. The number of nitrogens with zero attached hydrogens (tertiary/aromatic N) is 1. The molecule has 2 N–H and O–H groups in total. The number of anilines is 2. The van der Waals surface area contributed by atoms with Crippen LogP contribution in [-0.2, 0) is 10.0 Å². The van der Waals surface area contributed by atoms with Gasteiger partial charge in [-0.1, -0.05) is 24.3 Å². The fourth-order valence-corrected chi connectivity index (χ4v) is 3.83. The molecule has 3 aromatic carbocycles. The number of nitro benzene ring substituents is 1. The number of amides is 1. The first kappa shape index (κ1) is 23.5. The van der Waals surface area contributed by atoms with Gasteiger partial charge in [0.05, 0.1) is 21.1 Å². The van der Waals surface area contributed by atoms with Crippen molar-refractivity contribution in [3.05, 3.63) is 88.5 Å². The van der Waals surface area contributed by atoms with E-state index in [1.807, 2.05) is 0 Å². The predicted octanol–water partition coefficient (Wildman–Crippen LogP) is 4.55. The van der Waals surface area contributed by atoms with E-state index >= 15 is 0 Å². The summed E-state index contributed by atoms with van der Waals surface area (Å²) < 4.78 is 68.6. The van der Waals surface area contributed by atoms with Gasteiger partial charge in [0.25, 0.3) is 21.6 Å². The lowest BCUT2D eigenvalue weighted by Gasteiger charge is -2.14. The average Bonchev–Trinajstić information content (AvgIpc) is 2.73. The van der Waals surface area contributed by atoms with Gasteiger partial charge in [0.15, 0.2) is 0 Å². The van der Waals surface area contributed by atoms with Crippen LogP contribution >= 0.6 is 0 Å². The monoisotopic (exact) mass is 481 g/mol. The van der Waals surface area contributed by atoms with Crippen LogP contribution in [0.5, 0.6) is 5.75 Å². The van der Waals surface area contributed by atoms with E-state index in [1.165, 1.54) is 42.5 Å². The summed E-state index contributed by atoms with van der Waals surface area (Å²) in [6, 6.07) is 14.3. The molecule has 0 fully saturated rings. The first-order valence-corrected chi connectivity index (χ1v) is 10.5. The standard InChI is InChI=1S/C20H14F3N3O6S/c21-20(22,23)32-15-7-3-5-13(11-15)24-19(27)17-9-1-2-10-18(17)25-33(30,31)16-8-4-6-14(12-16)26(28)29/h1-12,25H,(H,24,27). The number of sulfonamides is 1. The molecular formula is C20H14F3N3O6S. The minimum atomic E-state index is -4.92. The zero-order chi connectivity index (χ0) is 24.2. The maximum atomic E-state index is 12.7. The van der Waals surface area contributed by atoms with Crippen LogP contribution in [0.25, 0.3) is 0 Å². The predicted molar refractivity (Wildman–Crippen MR) is 111 cm³/mol. The molecular weight excluding hydrogens is 467 g/mol. The van der Waals surface area contributed by atoms with Crippen molar-refractivity contribution in [1.82, 2.24) is 0 Å². The Bertz CT molecular complexity index is 1310. The van der Waals surface area contributed by atoms with Gasteiger partial charge in [0, 0.05) is 23.9 Å². The van der Waals surface area contributed by atoms with Crippen molar-refractivity contribution in [2.75, 3.05) is 10.0 Å². The molecule has 0 radical (unpaired) electrons. The first-order chi connectivity index (χ1) is 15.4. The van der Waals surface area contributed by atoms with Crippen molar-refractivity contribution >= 4 is 33.0 Å². The number of nitro groups is 1. The number of rotatable bonds is 7. The number of non-ortho nitro benzene ring substituents is 1. The number of ether oxygens (including phenoxy) is 1. The summed E-state index contributed by atoms with van der Waals surface area (Å²) in [6.45, 7) is 0. The lowest BCUT2D eigenvalue weighted by atomic mass is 10.1. The molecule has 0 unspecified atom stereocenters. The van der Waals surface area contributed by atoms with Crippen molar-refractivity contribution in [2.24, 2.45) is 0 Å². The molecule has 0 saturated heterocycles. The van der Waals surface area contributed by atoms with Crippen molar-refractivity contribution in [3.8, 4) is 5.75 Å². The number of carbonyl (C=O) groups excluding carboxylic acids is 1. The molecule has 3 aromatic rings. The molecule has 0 bridgehead atoms. The summed E-state index contributed by atoms with van der Waals surface area (Å²) >= 11 is 0. The van der Waals surface area contributed by atoms with Crippen molar-refractivity contribution in [1.29, 1.82) is 0 Å². The summed E-state index contributed by atoms with van der Waals surface area (Å²) in [5.41, 5.74) is -0.763. The van der Waals surface area contributed by atoms with Crippen LogP contribution in [0.1, 0.15) is 10.4 Å². The fraction of sp³-hybridized carbons (Fsp3) is 0.0500. The minimum Gasteiger partial charge on any atom is -0.406 e. The molecule has 0 aliphatic heterocycles. The van der Waals surface area contributed by atoms with Gasteiger partial charge in [-0.3, -0.25) is 19.6 Å². The number of carbonyl (C=O) groups is 1. The Morgan fingerprint density at radius 2 is 1.67 bits per heavy atom. The van der Waals surface area contributed by atoms with Crippen LogP contribution in [-0.4, -0.2) is 25.6 Å². The Hall–Kier alpha value is -4.13. The van der Waals surface area contributed by atoms with Crippen molar-refractivity contribution in [3.63, 3.8) is 0 Å². The highest BCUT2D eigenvalue weighted by molar-refractivity contribution is 7.92. The summed E-state index contributed by atoms with van der Waals surface area (Å²) in [6.07, 6.45) is -4.92. The van der Waals surface area contributed by atoms with E-state index in [0.717, 1.165) is 30.3 Å². The van der Waals surface area contributed by atoms with Crippen LogP contribution in [0.4, 0.5) is 30.2 Å².